The van der Waals surface area contributed by atoms with Crippen molar-refractivity contribution in [3.8, 4) is 0 Å². The first-order valence-electron chi connectivity index (χ1n) is 5.11. The molecule has 2 unspecified atom stereocenters. The van der Waals surface area contributed by atoms with Crippen LogP contribution in [0.4, 0.5) is 18.9 Å². The quantitative estimate of drug-likeness (QED) is 0.338. The van der Waals surface area contributed by atoms with Crippen LogP contribution in [-0.2, 0) is 6.18 Å². The van der Waals surface area contributed by atoms with E-state index in [-0.39, 0.29) is 5.69 Å². The zero-order chi connectivity index (χ0) is 14.6. The maximum atomic E-state index is 12.8. The summed E-state index contributed by atoms with van der Waals surface area (Å²) in [5.41, 5.74) is 11.4. The summed E-state index contributed by atoms with van der Waals surface area (Å²) in [6, 6.07) is 3.01. The average Bonchev–Trinajstić information content (AvgIpc) is 2.33. The number of hydrogen-bond acceptors (Lipinski definition) is 4. The molecule has 1 aromatic rings. The van der Waals surface area contributed by atoms with E-state index in [4.69, 9.17) is 11.3 Å². The summed E-state index contributed by atoms with van der Waals surface area (Å²) >= 11 is 0. The van der Waals surface area contributed by atoms with Gasteiger partial charge in [-0.05, 0) is 17.7 Å². The molecule has 0 saturated heterocycles. The van der Waals surface area contributed by atoms with Gasteiger partial charge in [0, 0.05) is 16.2 Å². The second-order valence-corrected chi connectivity index (χ2v) is 3.73. The van der Waals surface area contributed by atoms with E-state index >= 15 is 0 Å². The van der Waals surface area contributed by atoms with Gasteiger partial charge in [0.2, 0.25) is 0 Å². The number of azide groups is 1. The smallest absolute Gasteiger partial charge is 0.398 e. The summed E-state index contributed by atoms with van der Waals surface area (Å²) in [4.78, 5) is 2.35. The molecular weight excluding hydrogens is 265 g/mol. The van der Waals surface area contributed by atoms with Crippen LogP contribution >= 0.6 is 0 Å². The minimum atomic E-state index is -4.72. The fourth-order valence-corrected chi connectivity index (χ4v) is 1.57. The highest BCUT2D eigenvalue weighted by atomic mass is 19.4. The highest BCUT2D eigenvalue weighted by Crippen LogP contribution is 2.38. The summed E-state index contributed by atoms with van der Waals surface area (Å²) in [6.45, 7) is -0.566. The number of aliphatic hydroxyl groups is 2. The fraction of sp³-hybridized carbons (Fsp3) is 0.400. The maximum Gasteiger partial charge on any atom is 0.416 e. The molecule has 0 aliphatic rings. The van der Waals surface area contributed by atoms with E-state index < -0.39 is 36.1 Å². The van der Waals surface area contributed by atoms with Crippen molar-refractivity contribution in [1.82, 2.24) is 0 Å². The van der Waals surface area contributed by atoms with Crippen LogP contribution in [0.15, 0.2) is 23.3 Å². The van der Waals surface area contributed by atoms with E-state index in [1.807, 2.05) is 0 Å². The van der Waals surface area contributed by atoms with Crippen molar-refractivity contribution in [3.63, 3.8) is 0 Å². The molecule has 0 bridgehead atoms. The number of benzene rings is 1. The van der Waals surface area contributed by atoms with Gasteiger partial charge < -0.3 is 15.9 Å². The third kappa shape index (κ3) is 3.50. The first kappa shape index (κ1) is 15.1. The molecular formula is C10H11F3N4O2. The first-order chi connectivity index (χ1) is 8.79. The molecule has 0 heterocycles. The predicted molar refractivity (Wildman–Crippen MR) is 60.8 cm³/mol. The number of nitrogens with two attached hydrogens (primary N) is 1. The second-order valence-electron chi connectivity index (χ2n) is 3.73. The molecule has 0 aliphatic heterocycles. The lowest BCUT2D eigenvalue weighted by atomic mass is 9.96. The Bertz CT molecular complexity index is 500. The minimum absolute atomic E-state index is 0.303. The van der Waals surface area contributed by atoms with Crippen molar-refractivity contribution in [2.75, 3.05) is 12.3 Å². The van der Waals surface area contributed by atoms with E-state index in [1.165, 1.54) is 6.07 Å². The molecule has 6 nitrogen and oxygen atoms in total. The Morgan fingerprint density at radius 3 is 2.53 bits per heavy atom. The molecule has 104 valence electrons. The molecule has 4 N–H and O–H groups in total. The summed E-state index contributed by atoms with van der Waals surface area (Å²) < 4.78 is 38.3. The number of rotatable bonds is 4. The summed E-state index contributed by atoms with van der Waals surface area (Å²) in [5, 5.41) is 22.2. The normalized spacial score (nSPS) is 14.6. The lowest BCUT2D eigenvalue weighted by molar-refractivity contribution is -0.139. The van der Waals surface area contributed by atoms with E-state index in [0.29, 0.717) is 0 Å². The molecule has 0 amide bonds. The maximum absolute atomic E-state index is 12.8. The number of nitrogens with zero attached hydrogens (tertiary/aromatic N) is 3. The standard InChI is InChI=1S/C10H11F3N4O2/c11-10(12,13)5-2-1-3-6(14)8(5)9(19)7(18)4-16-17-15/h1-3,7,9,18-19H,4,14H2. The van der Waals surface area contributed by atoms with Crippen molar-refractivity contribution < 1.29 is 23.4 Å². The highest BCUT2D eigenvalue weighted by Gasteiger charge is 2.37. The number of halogens is 3. The van der Waals surface area contributed by atoms with Gasteiger partial charge in [0.1, 0.15) is 6.10 Å². The van der Waals surface area contributed by atoms with Crippen LogP contribution in [0.2, 0.25) is 0 Å². The molecule has 1 aromatic carbocycles. The third-order valence-electron chi connectivity index (χ3n) is 2.44. The van der Waals surface area contributed by atoms with Gasteiger partial charge in [-0.1, -0.05) is 11.2 Å². The number of anilines is 1. The molecule has 0 aliphatic carbocycles. The van der Waals surface area contributed by atoms with Crippen LogP contribution in [0, 0.1) is 0 Å². The average molecular weight is 276 g/mol. The Labute approximate surface area is 105 Å². The zero-order valence-corrected chi connectivity index (χ0v) is 9.54. The number of hydrogen-bond donors (Lipinski definition) is 3. The molecule has 2 atom stereocenters. The Morgan fingerprint density at radius 2 is 2.00 bits per heavy atom. The Kier molecular flexibility index (Phi) is 4.60. The minimum Gasteiger partial charge on any atom is -0.398 e. The van der Waals surface area contributed by atoms with Gasteiger partial charge in [-0.15, -0.1) is 0 Å². The zero-order valence-electron chi connectivity index (χ0n) is 9.54. The fourth-order valence-electron chi connectivity index (χ4n) is 1.57. The molecule has 0 aromatic heterocycles. The molecule has 0 saturated carbocycles. The van der Waals surface area contributed by atoms with Crippen molar-refractivity contribution in [2.45, 2.75) is 18.4 Å². The van der Waals surface area contributed by atoms with Crippen LogP contribution in [0.3, 0.4) is 0 Å². The monoisotopic (exact) mass is 276 g/mol. The summed E-state index contributed by atoms with van der Waals surface area (Å²) in [5.74, 6) is 0. The Hall–Kier alpha value is -1.96. The number of aliphatic hydroxyl groups excluding tert-OH is 2. The van der Waals surface area contributed by atoms with Crippen LogP contribution in [-0.4, -0.2) is 22.9 Å². The van der Waals surface area contributed by atoms with Gasteiger partial charge in [0.15, 0.2) is 0 Å². The number of alkyl halides is 3. The Balaban J connectivity index is 3.21. The SMILES string of the molecule is [N-]=[N+]=NCC(O)C(O)c1c(N)cccc1C(F)(F)F. The van der Waals surface area contributed by atoms with E-state index in [9.17, 15) is 23.4 Å². The largest absolute Gasteiger partial charge is 0.416 e. The van der Waals surface area contributed by atoms with Gasteiger partial charge >= 0.3 is 6.18 Å². The summed E-state index contributed by atoms with van der Waals surface area (Å²) in [7, 11) is 0. The van der Waals surface area contributed by atoms with Gasteiger partial charge in [-0.25, -0.2) is 0 Å². The van der Waals surface area contributed by atoms with Crippen LogP contribution < -0.4 is 5.73 Å². The van der Waals surface area contributed by atoms with Crippen LogP contribution in [0.25, 0.3) is 10.4 Å². The topological polar surface area (TPSA) is 115 Å². The molecule has 9 heteroatoms. The van der Waals surface area contributed by atoms with Crippen molar-refractivity contribution in [3.05, 3.63) is 39.8 Å². The van der Waals surface area contributed by atoms with E-state index in [0.717, 1.165) is 12.1 Å². The molecule has 0 fully saturated rings. The van der Waals surface area contributed by atoms with Gasteiger partial charge in [-0.2, -0.15) is 13.2 Å². The van der Waals surface area contributed by atoms with Gasteiger partial charge in [0.25, 0.3) is 0 Å². The van der Waals surface area contributed by atoms with Crippen molar-refractivity contribution in [2.24, 2.45) is 5.11 Å². The third-order valence-corrected chi connectivity index (χ3v) is 2.44. The first-order valence-corrected chi connectivity index (χ1v) is 5.11. The van der Waals surface area contributed by atoms with Crippen molar-refractivity contribution >= 4 is 5.69 Å². The van der Waals surface area contributed by atoms with Crippen LogP contribution in [0.5, 0.6) is 0 Å². The highest BCUT2D eigenvalue weighted by molar-refractivity contribution is 5.53. The molecule has 0 radical (unpaired) electrons. The molecule has 1 rings (SSSR count). The predicted octanol–water partition coefficient (Wildman–Crippen LogP) is 1.99. The summed E-state index contributed by atoms with van der Waals surface area (Å²) in [6.07, 6.45) is -8.30. The van der Waals surface area contributed by atoms with Gasteiger partial charge in [-0.3, -0.25) is 0 Å². The van der Waals surface area contributed by atoms with E-state index in [2.05, 4.69) is 10.0 Å². The van der Waals surface area contributed by atoms with E-state index in [1.54, 1.807) is 0 Å². The lowest BCUT2D eigenvalue weighted by Crippen LogP contribution is -2.25. The number of nitrogen functional groups attached to an aromatic ring is 1. The van der Waals surface area contributed by atoms with Crippen molar-refractivity contribution in [1.29, 1.82) is 0 Å². The lowest BCUT2D eigenvalue weighted by Gasteiger charge is -2.22. The van der Waals surface area contributed by atoms with Crippen LogP contribution in [0.1, 0.15) is 17.2 Å². The Morgan fingerprint density at radius 1 is 1.37 bits per heavy atom. The molecule has 19 heavy (non-hydrogen) atoms. The van der Waals surface area contributed by atoms with Gasteiger partial charge in [0.05, 0.1) is 18.2 Å². The molecule has 0 spiro atoms. The second kappa shape index (κ2) is 5.79.